The molecular formula is C14H13ClN2O2. The van der Waals surface area contributed by atoms with E-state index >= 15 is 0 Å². The van der Waals surface area contributed by atoms with E-state index < -0.39 is 5.24 Å². The Morgan fingerprint density at radius 3 is 2.68 bits per heavy atom. The number of hydrogen-bond acceptors (Lipinski definition) is 3. The number of benzene rings is 1. The molecule has 2 rings (SSSR count). The lowest BCUT2D eigenvalue weighted by molar-refractivity contribution is -0.111. The van der Waals surface area contributed by atoms with Gasteiger partial charge in [0, 0.05) is 11.1 Å². The molecule has 5 heteroatoms. The molecule has 1 heterocycles. The quantitative estimate of drug-likeness (QED) is 0.876. The predicted molar refractivity (Wildman–Crippen MR) is 74.3 cm³/mol. The summed E-state index contributed by atoms with van der Waals surface area (Å²) in [6, 6.07) is 7.56. The van der Waals surface area contributed by atoms with Crippen LogP contribution in [-0.4, -0.2) is 15.4 Å². The van der Waals surface area contributed by atoms with Gasteiger partial charge in [-0.1, -0.05) is 23.8 Å². The summed E-state index contributed by atoms with van der Waals surface area (Å²) >= 11 is 5.32. The molecule has 0 bridgehead atoms. The highest BCUT2D eigenvalue weighted by atomic mass is 35.5. The number of aromatic nitrogens is 2. The molecule has 0 saturated heterocycles. The summed E-state index contributed by atoms with van der Waals surface area (Å²) < 4.78 is 0. The second-order valence-corrected chi connectivity index (χ2v) is 4.88. The average Bonchev–Trinajstić information content (AvgIpc) is 2.32. The summed E-state index contributed by atoms with van der Waals surface area (Å²) in [5.74, 6) is 0. The zero-order chi connectivity index (χ0) is 14.0. The van der Waals surface area contributed by atoms with Crippen LogP contribution in [0.25, 0.3) is 11.3 Å². The van der Waals surface area contributed by atoms with Crippen LogP contribution in [0.4, 0.5) is 0 Å². The molecule has 0 saturated carbocycles. The van der Waals surface area contributed by atoms with Crippen molar-refractivity contribution in [2.75, 3.05) is 0 Å². The molecule has 1 aromatic carbocycles. The summed E-state index contributed by atoms with van der Waals surface area (Å²) in [6.07, 6.45) is -0.0999. The molecule has 0 radical (unpaired) electrons. The van der Waals surface area contributed by atoms with Crippen LogP contribution in [0.2, 0.25) is 0 Å². The highest BCUT2D eigenvalue weighted by Gasteiger charge is 2.10. The van der Waals surface area contributed by atoms with Gasteiger partial charge >= 0.3 is 0 Å². The lowest BCUT2D eigenvalue weighted by atomic mass is 10.0. The number of H-pyrrole nitrogens is 1. The number of nitrogens with one attached hydrogen (secondary N) is 1. The molecule has 0 fully saturated rings. The smallest absolute Gasteiger partial charge is 0.267 e. The first-order valence-corrected chi connectivity index (χ1v) is 6.19. The molecule has 0 amide bonds. The van der Waals surface area contributed by atoms with Gasteiger partial charge in [-0.25, -0.2) is 5.10 Å². The lowest BCUT2D eigenvalue weighted by Crippen LogP contribution is -2.16. The van der Waals surface area contributed by atoms with E-state index in [9.17, 15) is 9.59 Å². The summed E-state index contributed by atoms with van der Waals surface area (Å²) in [6.45, 7) is 3.98. The lowest BCUT2D eigenvalue weighted by Gasteiger charge is -2.07. The predicted octanol–water partition coefficient (Wildman–Crippen LogP) is 2.36. The molecule has 19 heavy (non-hydrogen) atoms. The summed E-state index contributed by atoms with van der Waals surface area (Å²) in [7, 11) is 0. The van der Waals surface area contributed by atoms with Gasteiger partial charge in [0.15, 0.2) is 0 Å². The molecular weight excluding hydrogens is 264 g/mol. The first-order chi connectivity index (χ1) is 8.97. The molecule has 98 valence electrons. The zero-order valence-corrected chi connectivity index (χ0v) is 11.4. The van der Waals surface area contributed by atoms with Crippen molar-refractivity contribution in [2.45, 2.75) is 20.3 Å². The number of carbonyl (C=O) groups is 1. The van der Waals surface area contributed by atoms with Gasteiger partial charge in [-0.3, -0.25) is 9.59 Å². The van der Waals surface area contributed by atoms with Crippen molar-refractivity contribution in [3.05, 3.63) is 51.3 Å². The number of carbonyl (C=O) groups excluding carboxylic acids is 1. The van der Waals surface area contributed by atoms with Gasteiger partial charge < -0.3 is 0 Å². The fraction of sp³-hybridized carbons (Fsp3) is 0.214. The number of aromatic amines is 1. The van der Waals surface area contributed by atoms with E-state index in [1.54, 1.807) is 6.07 Å². The van der Waals surface area contributed by atoms with Crippen LogP contribution >= 0.6 is 11.6 Å². The summed E-state index contributed by atoms with van der Waals surface area (Å²) in [4.78, 5) is 22.5. The third-order valence-electron chi connectivity index (χ3n) is 2.87. The van der Waals surface area contributed by atoms with Crippen LogP contribution in [0, 0.1) is 13.8 Å². The van der Waals surface area contributed by atoms with Gasteiger partial charge in [-0.05, 0) is 37.1 Å². The molecule has 4 nitrogen and oxygen atoms in total. The molecule has 1 N–H and O–H groups in total. The number of rotatable bonds is 3. The summed E-state index contributed by atoms with van der Waals surface area (Å²) in [5, 5.41) is 5.85. The van der Waals surface area contributed by atoms with E-state index in [-0.39, 0.29) is 12.0 Å². The largest absolute Gasteiger partial charge is 0.281 e. The Hall–Kier alpha value is -1.94. The van der Waals surface area contributed by atoms with Crippen LogP contribution < -0.4 is 5.56 Å². The SMILES string of the molecule is Cc1ccc(-c2cc(CC(=O)Cl)c(=O)[nH]n2)c(C)c1. The van der Waals surface area contributed by atoms with Crippen molar-refractivity contribution in [3.63, 3.8) is 0 Å². The van der Waals surface area contributed by atoms with Crippen LogP contribution in [0.5, 0.6) is 0 Å². The minimum atomic E-state index is -0.566. The first-order valence-electron chi connectivity index (χ1n) is 5.82. The molecule has 1 aromatic heterocycles. The van der Waals surface area contributed by atoms with Crippen LogP contribution in [-0.2, 0) is 11.2 Å². The molecule has 0 aliphatic heterocycles. The Balaban J connectivity index is 2.51. The van der Waals surface area contributed by atoms with Crippen molar-refractivity contribution >= 4 is 16.8 Å². The van der Waals surface area contributed by atoms with E-state index in [1.165, 1.54) is 0 Å². The van der Waals surface area contributed by atoms with Crippen LogP contribution in [0.1, 0.15) is 16.7 Å². The van der Waals surface area contributed by atoms with E-state index in [0.29, 0.717) is 11.3 Å². The van der Waals surface area contributed by atoms with Crippen molar-refractivity contribution in [1.29, 1.82) is 0 Å². The van der Waals surface area contributed by atoms with Crippen molar-refractivity contribution < 1.29 is 4.79 Å². The maximum atomic E-state index is 11.5. The normalized spacial score (nSPS) is 10.5. The molecule has 0 aliphatic carbocycles. The zero-order valence-electron chi connectivity index (χ0n) is 10.7. The standard InChI is InChI=1S/C14H13ClN2O2/c1-8-3-4-11(9(2)5-8)12-6-10(7-13(15)18)14(19)17-16-12/h3-6H,7H2,1-2H3,(H,17,19). The minimum Gasteiger partial charge on any atom is -0.281 e. The van der Waals surface area contributed by atoms with Gasteiger partial charge in [0.1, 0.15) is 0 Å². The molecule has 0 spiro atoms. The Labute approximate surface area is 115 Å². The number of halogens is 1. The van der Waals surface area contributed by atoms with E-state index in [0.717, 1.165) is 16.7 Å². The highest BCUT2D eigenvalue weighted by Crippen LogP contribution is 2.22. The third kappa shape index (κ3) is 3.09. The molecule has 0 atom stereocenters. The summed E-state index contributed by atoms with van der Waals surface area (Å²) in [5.41, 5.74) is 3.70. The van der Waals surface area contributed by atoms with E-state index in [2.05, 4.69) is 10.2 Å². The fourth-order valence-corrected chi connectivity index (χ4v) is 2.11. The second kappa shape index (κ2) is 5.36. The van der Waals surface area contributed by atoms with Crippen molar-refractivity contribution in [3.8, 4) is 11.3 Å². The Bertz CT molecular complexity index is 692. The third-order valence-corrected chi connectivity index (χ3v) is 3.00. The number of aryl methyl sites for hydroxylation is 2. The van der Waals surface area contributed by atoms with Gasteiger partial charge in [0.2, 0.25) is 5.24 Å². The van der Waals surface area contributed by atoms with Gasteiger partial charge in [-0.15, -0.1) is 0 Å². The Morgan fingerprint density at radius 2 is 2.05 bits per heavy atom. The van der Waals surface area contributed by atoms with Crippen LogP contribution in [0.3, 0.4) is 0 Å². The highest BCUT2D eigenvalue weighted by molar-refractivity contribution is 6.63. The maximum absolute atomic E-state index is 11.5. The second-order valence-electron chi connectivity index (χ2n) is 4.46. The molecule has 0 unspecified atom stereocenters. The van der Waals surface area contributed by atoms with Gasteiger partial charge in [0.25, 0.3) is 5.56 Å². The van der Waals surface area contributed by atoms with Gasteiger partial charge in [-0.2, -0.15) is 5.10 Å². The Morgan fingerprint density at radius 1 is 1.32 bits per heavy atom. The molecule has 0 aliphatic rings. The average molecular weight is 277 g/mol. The van der Waals surface area contributed by atoms with Crippen molar-refractivity contribution in [1.82, 2.24) is 10.2 Å². The van der Waals surface area contributed by atoms with E-state index in [4.69, 9.17) is 11.6 Å². The fourth-order valence-electron chi connectivity index (χ4n) is 1.97. The number of hydrogen-bond donors (Lipinski definition) is 1. The Kier molecular flexibility index (Phi) is 3.81. The molecule has 2 aromatic rings. The number of nitrogens with zero attached hydrogens (tertiary/aromatic N) is 1. The maximum Gasteiger partial charge on any atom is 0.267 e. The topological polar surface area (TPSA) is 62.8 Å². The minimum absolute atomic E-state index is 0.0999. The monoisotopic (exact) mass is 276 g/mol. The van der Waals surface area contributed by atoms with Crippen LogP contribution in [0.15, 0.2) is 29.1 Å². The van der Waals surface area contributed by atoms with Crippen molar-refractivity contribution in [2.24, 2.45) is 0 Å². The first kappa shape index (κ1) is 13.5. The van der Waals surface area contributed by atoms with E-state index in [1.807, 2.05) is 32.0 Å². The van der Waals surface area contributed by atoms with Gasteiger partial charge in [0.05, 0.1) is 12.1 Å².